The molecule has 76 valence electrons. The van der Waals surface area contributed by atoms with Gasteiger partial charge < -0.3 is 5.32 Å². The number of hydrogen-bond donors (Lipinski definition) is 3. The van der Waals surface area contributed by atoms with E-state index in [0.717, 1.165) is 5.82 Å². The maximum atomic E-state index is 5.23. The molecule has 0 amide bonds. The molecule has 1 aromatic heterocycles. The van der Waals surface area contributed by atoms with Crippen LogP contribution in [0.25, 0.3) is 0 Å². The van der Waals surface area contributed by atoms with Gasteiger partial charge in [-0.3, -0.25) is 5.43 Å². The average molecular weight is 193 g/mol. The molecule has 1 heterocycles. The molecule has 5 nitrogen and oxygen atoms in total. The lowest BCUT2D eigenvalue weighted by Crippen LogP contribution is -2.41. The number of aromatic nitrogens is 2. The van der Waals surface area contributed by atoms with Crippen LogP contribution in [0.4, 0.5) is 11.8 Å². The summed E-state index contributed by atoms with van der Waals surface area (Å²) in [5.74, 6) is 6.50. The second-order valence-corrected chi connectivity index (χ2v) is 3.95. The van der Waals surface area contributed by atoms with Crippen LogP contribution in [0.15, 0.2) is 12.3 Å². The molecule has 0 bridgehead atoms. The Morgan fingerprint density at radius 1 is 1.50 bits per heavy atom. The Bertz CT molecular complexity index is 321. The summed E-state index contributed by atoms with van der Waals surface area (Å²) in [6, 6.07) is 1.85. The number of nitrogens with two attached hydrogens (primary N) is 1. The molecule has 0 radical (unpaired) electrons. The number of anilines is 2. The highest BCUT2D eigenvalue weighted by Gasteiger charge is 2.31. The van der Waals surface area contributed by atoms with Gasteiger partial charge in [0.2, 0.25) is 5.95 Å². The van der Waals surface area contributed by atoms with Crippen molar-refractivity contribution in [2.75, 3.05) is 10.7 Å². The standard InChI is InChI=1S/C9H15N5/c1-9(4-2-5-9)13-7-3-6-11-8(12-7)14-10/h3,6H,2,4-5,10H2,1H3,(H2,11,12,13,14). The fourth-order valence-corrected chi connectivity index (χ4v) is 1.64. The molecule has 0 atom stereocenters. The highest BCUT2D eigenvalue weighted by molar-refractivity contribution is 5.41. The van der Waals surface area contributed by atoms with Crippen LogP contribution < -0.4 is 16.6 Å². The molecular weight excluding hydrogens is 178 g/mol. The monoisotopic (exact) mass is 193 g/mol. The zero-order valence-corrected chi connectivity index (χ0v) is 8.25. The molecule has 1 saturated carbocycles. The molecule has 2 rings (SSSR count). The van der Waals surface area contributed by atoms with Crippen molar-refractivity contribution in [3.8, 4) is 0 Å². The summed E-state index contributed by atoms with van der Waals surface area (Å²) in [5.41, 5.74) is 2.64. The molecule has 0 saturated heterocycles. The number of hydrogen-bond acceptors (Lipinski definition) is 5. The molecular formula is C9H15N5. The fourth-order valence-electron chi connectivity index (χ4n) is 1.64. The van der Waals surface area contributed by atoms with E-state index >= 15 is 0 Å². The average Bonchev–Trinajstić information content (AvgIpc) is 2.16. The maximum absolute atomic E-state index is 5.23. The third-order valence-electron chi connectivity index (χ3n) is 2.67. The van der Waals surface area contributed by atoms with Gasteiger partial charge in [0.15, 0.2) is 0 Å². The van der Waals surface area contributed by atoms with Gasteiger partial charge in [-0.25, -0.2) is 10.8 Å². The van der Waals surface area contributed by atoms with Crippen molar-refractivity contribution in [3.63, 3.8) is 0 Å². The molecule has 0 aliphatic heterocycles. The SMILES string of the molecule is CC1(Nc2ccnc(NN)n2)CCC1. The maximum Gasteiger partial charge on any atom is 0.239 e. The van der Waals surface area contributed by atoms with Crippen LogP contribution in [0.5, 0.6) is 0 Å². The Balaban J connectivity index is 2.08. The third-order valence-corrected chi connectivity index (χ3v) is 2.67. The summed E-state index contributed by atoms with van der Waals surface area (Å²) >= 11 is 0. The molecule has 0 spiro atoms. The first-order chi connectivity index (χ1) is 6.72. The van der Waals surface area contributed by atoms with Crippen molar-refractivity contribution in [2.24, 2.45) is 5.84 Å². The van der Waals surface area contributed by atoms with Gasteiger partial charge in [0.25, 0.3) is 0 Å². The lowest BCUT2D eigenvalue weighted by molar-refractivity contribution is 0.306. The zero-order chi connectivity index (χ0) is 10.0. The summed E-state index contributed by atoms with van der Waals surface area (Å²) in [5, 5.41) is 3.38. The minimum atomic E-state index is 0.209. The molecule has 4 N–H and O–H groups in total. The van der Waals surface area contributed by atoms with E-state index in [0.29, 0.717) is 5.95 Å². The Kier molecular flexibility index (Phi) is 2.25. The summed E-state index contributed by atoms with van der Waals surface area (Å²) < 4.78 is 0. The van der Waals surface area contributed by atoms with E-state index in [1.165, 1.54) is 19.3 Å². The van der Waals surface area contributed by atoms with Crippen LogP contribution >= 0.6 is 0 Å². The summed E-state index contributed by atoms with van der Waals surface area (Å²) in [6.07, 6.45) is 5.37. The lowest BCUT2D eigenvalue weighted by atomic mass is 9.78. The van der Waals surface area contributed by atoms with Gasteiger partial charge in [-0.1, -0.05) is 0 Å². The number of nitrogen functional groups attached to an aromatic ring is 1. The van der Waals surface area contributed by atoms with Crippen molar-refractivity contribution < 1.29 is 0 Å². The Hall–Kier alpha value is -1.36. The zero-order valence-electron chi connectivity index (χ0n) is 8.25. The van der Waals surface area contributed by atoms with Crippen LogP contribution in [0.3, 0.4) is 0 Å². The first-order valence-electron chi connectivity index (χ1n) is 4.80. The second-order valence-electron chi connectivity index (χ2n) is 3.95. The molecule has 1 aliphatic carbocycles. The molecule has 0 aromatic carbocycles. The first kappa shape index (κ1) is 9.21. The van der Waals surface area contributed by atoms with E-state index in [2.05, 4.69) is 27.6 Å². The topological polar surface area (TPSA) is 75.9 Å². The highest BCUT2D eigenvalue weighted by Crippen LogP contribution is 2.34. The summed E-state index contributed by atoms with van der Waals surface area (Å²) in [7, 11) is 0. The Labute approximate surface area is 83.1 Å². The van der Waals surface area contributed by atoms with Crippen LogP contribution in [-0.2, 0) is 0 Å². The van der Waals surface area contributed by atoms with Gasteiger partial charge in [0, 0.05) is 11.7 Å². The predicted molar refractivity (Wildman–Crippen MR) is 55.7 cm³/mol. The van der Waals surface area contributed by atoms with Gasteiger partial charge in [-0.15, -0.1) is 0 Å². The fraction of sp³-hybridized carbons (Fsp3) is 0.556. The number of nitrogens with one attached hydrogen (secondary N) is 2. The first-order valence-corrected chi connectivity index (χ1v) is 4.80. The third kappa shape index (κ3) is 1.77. The smallest absolute Gasteiger partial charge is 0.239 e. The molecule has 1 fully saturated rings. The number of nitrogens with zero attached hydrogens (tertiary/aromatic N) is 2. The van der Waals surface area contributed by atoms with E-state index in [1.54, 1.807) is 6.20 Å². The largest absolute Gasteiger partial charge is 0.365 e. The van der Waals surface area contributed by atoms with Crippen LogP contribution in [0.1, 0.15) is 26.2 Å². The number of hydrazine groups is 1. The van der Waals surface area contributed by atoms with E-state index in [-0.39, 0.29) is 5.54 Å². The summed E-state index contributed by atoms with van der Waals surface area (Å²) in [4.78, 5) is 8.14. The second kappa shape index (κ2) is 3.42. The molecule has 14 heavy (non-hydrogen) atoms. The molecule has 1 aliphatic rings. The van der Waals surface area contributed by atoms with Gasteiger partial charge in [0.05, 0.1) is 0 Å². The predicted octanol–water partition coefficient (Wildman–Crippen LogP) is 1.12. The van der Waals surface area contributed by atoms with E-state index < -0.39 is 0 Å². The van der Waals surface area contributed by atoms with Gasteiger partial charge >= 0.3 is 0 Å². The Morgan fingerprint density at radius 3 is 2.86 bits per heavy atom. The van der Waals surface area contributed by atoms with Crippen molar-refractivity contribution in [3.05, 3.63) is 12.3 Å². The van der Waals surface area contributed by atoms with E-state index in [1.807, 2.05) is 6.07 Å². The van der Waals surface area contributed by atoms with Crippen molar-refractivity contribution in [2.45, 2.75) is 31.7 Å². The van der Waals surface area contributed by atoms with Gasteiger partial charge in [0.1, 0.15) is 5.82 Å². The number of rotatable bonds is 3. The Morgan fingerprint density at radius 2 is 2.29 bits per heavy atom. The van der Waals surface area contributed by atoms with Gasteiger partial charge in [-0.05, 0) is 32.3 Å². The van der Waals surface area contributed by atoms with Crippen LogP contribution in [0.2, 0.25) is 0 Å². The van der Waals surface area contributed by atoms with E-state index in [4.69, 9.17) is 5.84 Å². The summed E-state index contributed by atoms with van der Waals surface area (Å²) in [6.45, 7) is 2.20. The van der Waals surface area contributed by atoms with Crippen LogP contribution in [-0.4, -0.2) is 15.5 Å². The van der Waals surface area contributed by atoms with Gasteiger partial charge in [-0.2, -0.15) is 4.98 Å². The van der Waals surface area contributed by atoms with Crippen molar-refractivity contribution in [1.82, 2.24) is 9.97 Å². The molecule has 5 heteroatoms. The molecule has 0 unspecified atom stereocenters. The van der Waals surface area contributed by atoms with Crippen molar-refractivity contribution >= 4 is 11.8 Å². The van der Waals surface area contributed by atoms with Crippen molar-refractivity contribution in [1.29, 1.82) is 0 Å². The minimum Gasteiger partial charge on any atom is -0.365 e. The minimum absolute atomic E-state index is 0.209. The normalized spacial score (nSPS) is 18.4. The van der Waals surface area contributed by atoms with Crippen LogP contribution in [0, 0.1) is 0 Å². The quantitative estimate of drug-likeness (QED) is 0.495. The molecule has 1 aromatic rings. The highest BCUT2D eigenvalue weighted by atomic mass is 15.3. The van der Waals surface area contributed by atoms with E-state index in [9.17, 15) is 0 Å². The lowest BCUT2D eigenvalue weighted by Gasteiger charge is -2.39.